The second kappa shape index (κ2) is 8.51. The fourth-order valence-electron chi connectivity index (χ4n) is 4.26. The largest absolute Gasteiger partial charge is 0.395 e. The van der Waals surface area contributed by atoms with E-state index in [1.165, 1.54) is 11.3 Å². The average molecular weight is 420 g/mol. The second-order valence-electron chi connectivity index (χ2n) is 8.87. The summed E-state index contributed by atoms with van der Waals surface area (Å²) < 4.78 is 2.00. The normalized spacial score (nSPS) is 14.8. The van der Waals surface area contributed by atoms with Gasteiger partial charge in [0.25, 0.3) is 5.91 Å². The van der Waals surface area contributed by atoms with Crippen LogP contribution < -0.4 is 11.1 Å². The van der Waals surface area contributed by atoms with Crippen molar-refractivity contribution >= 4 is 11.6 Å². The van der Waals surface area contributed by atoms with Crippen molar-refractivity contribution < 1.29 is 9.90 Å². The van der Waals surface area contributed by atoms with E-state index in [1.807, 2.05) is 41.2 Å². The van der Waals surface area contributed by atoms with Gasteiger partial charge in [-0.05, 0) is 60.6 Å². The molecule has 0 radical (unpaired) electrons. The third-order valence-electron chi connectivity index (χ3n) is 5.89. The van der Waals surface area contributed by atoms with Gasteiger partial charge < -0.3 is 16.2 Å². The molecule has 4 N–H and O–H groups in total. The molecule has 0 aliphatic heterocycles. The summed E-state index contributed by atoms with van der Waals surface area (Å²) in [5.41, 5.74) is 12.2. The molecule has 0 bridgehead atoms. The predicted octanol–water partition coefficient (Wildman–Crippen LogP) is 2.88. The molecule has 7 nitrogen and oxygen atoms in total. The van der Waals surface area contributed by atoms with Crippen molar-refractivity contribution in [3.8, 4) is 5.69 Å². The third kappa shape index (κ3) is 4.46. The molecule has 0 atom stereocenters. The Kier molecular flexibility index (Phi) is 5.78. The zero-order valence-electron chi connectivity index (χ0n) is 18.1. The Morgan fingerprint density at radius 3 is 2.84 bits per heavy atom. The summed E-state index contributed by atoms with van der Waals surface area (Å²) in [6.45, 7) is 4.87. The first kappa shape index (κ1) is 21.1. The van der Waals surface area contributed by atoms with Crippen LogP contribution >= 0.6 is 0 Å². The zero-order chi connectivity index (χ0) is 22.0. The minimum Gasteiger partial charge on any atom is -0.395 e. The van der Waals surface area contributed by atoms with Gasteiger partial charge in [-0.1, -0.05) is 19.9 Å². The van der Waals surface area contributed by atoms with Gasteiger partial charge in [-0.25, -0.2) is 4.68 Å². The number of hydrogen-bond donors (Lipinski definition) is 3. The van der Waals surface area contributed by atoms with Gasteiger partial charge >= 0.3 is 0 Å². The SMILES string of the molecule is CC1(C)CCc2c(Cc3ccccn3)nn(-c3ccc(C(N)=O)c(NCCO)c3)c2C1. The molecule has 0 saturated heterocycles. The number of carbonyl (C=O) groups excluding carboxylic acids is 1. The number of pyridine rings is 1. The second-order valence-corrected chi connectivity index (χ2v) is 8.87. The molecule has 4 rings (SSSR count). The molecule has 0 spiro atoms. The van der Waals surface area contributed by atoms with Gasteiger partial charge in [-0.2, -0.15) is 5.10 Å². The number of nitrogens with zero attached hydrogens (tertiary/aromatic N) is 3. The summed E-state index contributed by atoms with van der Waals surface area (Å²) >= 11 is 0. The first-order valence-corrected chi connectivity index (χ1v) is 10.7. The molecule has 3 aromatic rings. The van der Waals surface area contributed by atoms with Crippen LogP contribution in [0, 0.1) is 5.41 Å². The Balaban J connectivity index is 1.80. The highest BCUT2D eigenvalue weighted by molar-refractivity contribution is 5.98. The van der Waals surface area contributed by atoms with Crippen LogP contribution in [0.3, 0.4) is 0 Å². The van der Waals surface area contributed by atoms with Crippen LogP contribution in [0.4, 0.5) is 5.69 Å². The van der Waals surface area contributed by atoms with E-state index >= 15 is 0 Å². The number of aliphatic hydroxyl groups is 1. The highest BCUT2D eigenvalue weighted by atomic mass is 16.3. The lowest BCUT2D eigenvalue weighted by molar-refractivity contribution is 0.100. The minimum atomic E-state index is -0.508. The summed E-state index contributed by atoms with van der Waals surface area (Å²) in [5.74, 6) is -0.508. The number of anilines is 1. The van der Waals surface area contributed by atoms with Crippen LogP contribution in [0.2, 0.25) is 0 Å². The topological polar surface area (TPSA) is 106 Å². The zero-order valence-corrected chi connectivity index (χ0v) is 18.1. The summed E-state index contributed by atoms with van der Waals surface area (Å²) in [6, 6.07) is 11.4. The smallest absolute Gasteiger partial charge is 0.250 e. The first-order chi connectivity index (χ1) is 14.9. The van der Waals surface area contributed by atoms with Crippen LogP contribution in [0.15, 0.2) is 42.6 Å². The van der Waals surface area contributed by atoms with Gasteiger partial charge in [0.1, 0.15) is 0 Å². The Bertz CT molecular complexity index is 1090. The fraction of sp³-hybridized carbons (Fsp3) is 0.375. The monoisotopic (exact) mass is 419 g/mol. The Labute approximate surface area is 182 Å². The number of rotatable bonds is 7. The summed E-state index contributed by atoms with van der Waals surface area (Å²) in [7, 11) is 0. The number of benzene rings is 1. The molecule has 1 aliphatic rings. The van der Waals surface area contributed by atoms with Crippen LogP contribution in [0.1, 0.15) is 53.3 Å². The van der Waals surface area contributed by atoms with E-state index in [0.717, 1.165) is 36.3 Å². The fourth-order valence-corrected chi connectivity index (χ4v) is 4.26. The van der Waals surface area contributed by atoms with Gasteiger partial charge in [0.2, 0.25) is 0 Å². The van der Waals surface area contributed by atoms with Gasteiger partial charge in [-0.15, -0.1) is 0 Å². The maximum atomic E-state index is 11.8. The summed E-state index contributed by atoms with van der Waals surface area (Å²) in [6.07, 6.45) is 5.52. The van der Waals surface area contributed by atoms with Gasteiger partial charge in [0.05, 0.1) is 23.6 Å². The van der Waals surface area contributed by atoms with E-state index in [9.17, 15) is 9.90 Å². The average Bonchev–Trinajstić information content (AvgIpc) is 3.08. The van der Waals surface area contributed by atoms with Crippen molar-refractivity contribution in [1.29, 1.82) is 0 Å². The molecule has 31 heavy (non-hydrogen) atoms. The van der Waals surface area contributed by atoms with E-state index in [0.29, 0.717) is 24.2 Å². The number of nitrogens with two attached hydrogens (primary N) is 1. The molecule has 1 amide bonds. The van der Waals surface area contributed by atoms with Gasteiger partial charge in [0.15, 0.2) is 0 Å². The maximum absolute atomic E-state index is 11.8. The first-order valence-electron chi connectivity index (χ1n) is 10.7. The molecule has 2 heterocycles. The van der Waals surface area contributed by atoms with E-state index in [4.69, 9.17) is 10.8 Å². The van der Waals surface area contributed by atoms with Crippen molar-refractivity contribution in [2.24, 2.45) is 11.1 Å². The number of carbonyl (C=O) groups is 1. The molecule has 1 aliphatic carbocycles. The van der Waals surface area contributed by atoms with Crippen LogP contribution in [-0.2, 0) is 19.3 Å². The van der Waals surface area contributed by atoms with Crippen molar-refractivity contribution in [2.45, 2.75) is 39.5 Å². The standard InChI is InChI=1S/C24H29N5O2/c1-24(2)9-8-18-21(13-16-5-3-4-10-26-16)28-29(22(18)15-24)17-6-7-19(23(25)31)20(14-17)27-11-12-30/h3-7,10,14,27,30H,8-9,11-13,15H2,1-2H3,(H2,25,31). The molecular weight excluding hydrogens is 390 g/mol. The van der Waals surface area contributed by atoms with Crippen molar-refractivity contribution in [3.05, 3.63) is 70.8 Å². The number of fused-ring (bicyclic) bond motifs is 1. The Morgan fingerprint density at radius 1 is 1.29 bits per heavy atom. The summed E-state index contributed by atoms with van der Waals surface area (Å²) in [4.78, 5) is 16.3. The lowest BCUT2D eigenvalue weighted by Crippen LogP contribution is -2.24. The van der Waals surface area contributed by atoms with E-state index in [2.05, 4.69) is 24.1 Å². The highest BCUT2D eigenvalue weighted by Gasteiger charge is 2.31. The van der Waals surface area contributed by atoms with Gasteiger partial charge in [-0.3, -0.25) is 9.78 Å². The molecule has 7 heteroatoms. The molecule has 1 aromatic carbocycles. The number of nitrogens with one attached hydrogen (secondary N) is 1. The predicted molar refractivity (Wildman–Crippen MR) is 121 cm³/mol. The number of aromatic nitrogens is 3. The Morgan fingerprint density at radius 2 is 2.13 bits per heavy atom. The minimum absolute atomic E-state index is 0.0397. The van der Waals surface area contributed by atoms with Crippen molar-refractivity contribution in [3.63, 3.8) is 0 Å². The lowest BCUT2D eigenvalue weighted by Gasteiger charge is -2.30. The maximum Gasteiger partial charge on any atom is 0.250 e. The number of aliphatic hydroxyl groups excluding tert-OH is 1. The Hall–Kier alpha value is -3.19. The molecular formula is C24H29N5O2. The van der Waals surface area contributed by atoms with E-state index in [1.54, 1.807) is 6.07 Å². The highest BCUT2D eigenvalue weighted by Crippen LogP contribution is 2.38. The number of amides is 1. The quantitative estimate of drug-likeness (QED) is 0.546. The molecule has 2 aromatic heterocycles. The van der Waals surface area contributed by atoms with Crippen LogP contribution in [0.5, 0.6) is 0 Å². The molecule has 0 saturated carbocycles. The van der Waals surface area contributed by atoms with Crippen molar-refractivity contribution in [2.75, 3.05) is 18.5 Å². The van der Waals surface area contributed by atoms with Crippen LogP contribution in [0.25, 0.3) is 5.69 Å². The van der Waals surface area contributed by atoms with E-state index < -0.39 is 5.91 Å². The lowest BCUT2D eigenvalue weighted by atomic mass is 9.76. The van der Waals surface area contributed by atoms with Gasteiger partial charge in [0, 0.05) is 36.2 Å². The molecule has 0 unspecified atom stereocenters. The third-order valence-corrected chi connectivity index (χ3v) is 5.89. The van der Waals surface area contributed by atoms with Crippen LogP contribution in [-0.4, -0.2) is 38.9 Å². The number of primary amides is 1. The molecule has 162 valence electrons. The number of hydrogen-bond acceptors (Lipinski definition) is 5. The summed E-state index contributed by atoms with van der Waals surface area (Å²) in [5, 5.41) is 17.3. The van der Waals surface area contributed by atoms with E-state index in [-0.39, 0.29) is 12.0 Å². The molecule has 0 fully saturated rings. The van der Waals surface area contributed by atoms with Crippen molar-refractivity contribution in [1.82, 2.24) is 14.8 Å².